The number of carbonyl (C=O) groups is 3. The van der Waals surface area contributed by atoms with Crippen LogP contribution in [-0.4, -0.2) is 60.7 Å². The number of hydrogen-bond acceptors (Lipinski definition) is 8. The molecule has 0 spiro atoms. The number of halogens is 1. The zero-order chi connectivity index (χ0) is 19.9. The van der Waals surface area contributed by atoms with Crippen LogP contribution in [-0.2, 0) is 14.4 Å². The van der Waals surface area contributed by atoms with Crippen LogP contribution in [0.3, 0.4) is 0 Å². The Balaban J connectivity index is 2.61. The zero-order valence-electron chi connectivity index (χ0n) is 14.4. The monoisotopic (exact) mass is 446 g/mol. The topological polar surface area (TPSA) is 121 Å². The zero-order valence-corrected chi connectivity index (χ0v) is 16.8. The molecule has 4 atom stereocenters. The van der Waals surface area contributed by atoms with E-state index in [1.807, 2.05) is 0 Å². The van der Waals surface area contributed by atoms with Gasteiger partial charge in [-0.1, -0.05) is 22.0 Å². The molecule has 1 heterocycles. The van der Waals surface area contributed by atoms with Crippen LogP contribution in [0.15, 0.2) is 28.7 Å². The molecule has 0 bridgehead atoms. The standard InChI is InChI=1S/C17H19BrO7S/c1-9(19)15(22)8-26-14(25-13-6-4-5-12(18)7-13)16(23,10(2)20)17(15,24)11(3)21/h4-7,14,22-24H,8H2,1-3H3/t14-,15-,16-,17-/m0/s1. The molecule has 1 aliphatic rings. The highest BCUT2D eigenvalue weighted by atomic mass is 79.9. The quantitative estimate of drug-likeness (QED) is 0.608. The minimum atomic E-state index is -3.06. The number of ether oxygens (including phenoxy) is 1. The summed E-state index contributed by atoms with van der Waals surface area (Å²) in [6.45, 7) is 2.83. The molecular formula is C17H19BrO7S. The number of aliphatic hydroxyl groups is 3. The number of Topliss-reactive ketones (excluding diaryl/α,β-unsaturated/α-hetero) is 3. The number of carbonyl (C=O) groups excluding carboxylic acids is 3. The van der Waals surface area contributed by atoms with Gasteiger partial charge in [-0.25, -0.2) is 0 Å². The third-order valence-electron chi connectivity index (χ3n) is 4.60. The average Bonchev–Trinajstić information content (AvgIpc) is 2.55. The van der Waals surface area contributed by atoms with Gasteiger partial charge in [0.05, 0.1) is 0 Å². The van der Waals surface area contributed by atoms with E-state index in [9.17, 15) is 29.7 Å². The van der Waals surface area contributed by atoms with Crippen molar-refractivity contribution in [2.75, 3.05) is 5.75 Å². The van der Waals surface area contributed by atoms with E-state index in [1.54, 1.807) is 24.3 Å². The number of thioether (sulfide) groups is 1. The van der Waals surface area contributed by atoms with Gasteiger partial charge in [0.2, 0.25) is 5.60 Å². The van der Waals surface area contributed by atoms with Crippen LogP contribution in [0.2, 0.25) is 0 Å². The van der Waals surface area contributed by atoms with E-state index in [-0.39, 0.29) is 5.75 Å². The average molecular weight is 447 g/mol. The summed E-state index contributed by atoms with van der Waals surface area (Å²) in [5, 5.41) is 32.9. The first-order valence-corrected chi connectivity index (χ1v) is 9.49. The van der Waals surface area contributed by atoms with Crippen molar-refractivity contribution >= 4 is 45.0 Å². The molecule has 142 valence electrons. The normalized spacial score (nSPS) is 34.2. The third-order valence-corrected chi connectivity index (χ3v) is 6.42. The summed E-state index contributed by atoms with van der Waals surface area (Å²) < 4.78 is 6.33. The molecule has 1 aromatic carbocycles. The lowest BCUT2D eigenvalue weighted by Gasteiger charge is -2.54. The van der Waals surface area contributed by atoms with E-state index >= 15 is 0 Å². The van der Waals surface area contributed by atoms with Crippen molar-refractivity contribution in [3.05, 3.63) is 28.7 Å². The van der Waals surface area contributed by atoms with Crippen LogP contribution < -0.4 is 4.74 Å². The van der Waals surface area contributed by atoms with Crippen LogP contribution >= 0.6 is 27.7 Å². The SMILES string of the molecule is CC(=O)[C@]1(O)[C@@](O)(C(C)=O)CS[C@H](Oc2cccc(Br)c2)[C@@]1(O)C(C)=O. The number of benzene rings is 1. The van der Waals surface area contributed by atoms with E-state index in [0.717, 1.165) is 32.5 Å². The smallest absolute Gasteiger partial charge is 0.208 e. The predicted molar refractivity (Wildman–Crippen MR) is 97.9 cm³/mol. The fourth-order valence-electron chi connectivity index (χ4n) is 3.03. The molecule has 0 aromatic heterocycles. The van der Waals surface area contributed by atoms with Gasteiger partial charge >= 0.3 is 0 Å². The maximum atomic E-state index is 12.3. The number of rotatable bonds is 5. The largest absolute Gasteiger partial charge is 0.476 e. The summed E-state index contributed by atoms with van der Waals surface area (Å²) in [6.07, 6.45) is 0. The Morgan fingerprint density at radius 3 is 2.19 bits per heavy atom. The van der Waals surface area contributed by atoms with E-state index in [0.29, 0.717) is 4.47 Å². The molecule has 1 fully saturated rings. The van der Waals surface area contributed by atoms with Crippen LogP contribution in [0.5, 0.6) is 5.75 Å². The minimum absolute atomic E-state index is 0.260. The molecule has 1 aromatic rings. The summed E-state index contributed by atoms with van der Waals surface area (Å²) in [7, 11) is 0. The summed E-state index contributed by atoms with van der Waals surface area (Å²) in [6, 6.07) is 6.52. The molecule has 1 aliphatic heterocycles. The molecular weight excluding hydrogens is 428 g/mol. The van der Waals surface area contributed by atoms with Gasteiger partial charge in [-0.05, 0) is 39.0 Å². The van der Waals surface area contributed by atoms with Crippen molar-refractivity contribution < 1.29 is 34.4 Å². The maximum Gasteiger partial charge on any atom is 0.208 e. The summed E-state index contributed by atoms with van der Waals surface area (Å²) >= 11 is 4.03. The van der Waals surface area contributed by atoms with Gasteiger partial charge in [0.1, 0.15) is 5.75 Å². The second-order valence-electron chi connectivity index (χ2n) is 6.22. The molecule has 0 unspecified atom stereocenters. The van der Waals surface area contributed by atoms with Gasteiger partial charge in [-0.3, -0.25) is 14.4 Å². The Bertz CT molecular complexity index is 769. The molecule has 1 saturated heterocycles. The van der Waals surface area contributed by atoms with E-state index in [4.69, 9.17) is 4.74 Å². The highest BCUT2D eigenvalue weighted by molar-refractivity contribution is 9.10. The number of hydrogen-bond donors (Lipinski definition) is 3. The summed E-state index contributed by atoms with van der Waals surface area (Å²) in [5.41, 5.74) is -9.96. The maximum absolute atomic E-state index is 12.3. The second-order valence-corrected chi connectivity index (χ2v) is 8.19. The fraction of sp³-hybridized carbons (Fsp3) is 0.471. The Labute approximate surface area is 162 Å². The van der Waals surface area contributed by atoms with Crippen LogP contribution in [0.25, 0.3) is 0 Å². The van der Waals surface area contributed by atoms with Crippen LogP contribution in [0.1, 0.15) is 20.8 Å². The molecule has 9 heteroatoms. The van der Waals surface area contributed by atoms with Crippen LogP contribution in [0.4, 0.5) is 0 Å². The highest BCUT2D eigenvalue weighted by Gasteiger charge is 2.75. The van der Waals surface area contributed by atoms with Crippen molar-refractivity contribution in [2.45, 2.75) is 43.0 Å². The van der Waals surface area contributed by atoms with Gasteiger partial charge < -0.3 is 20.1 Å². The molecule has 0 saturated carbocycles. The van der Waals surface area contributed by atoms with Crippen molar-refractivity contribution in [2.24, 2.45) is 0 Å². The Morgan fingerprint density at radius 1 is 1.12 bits per heavy atom. The molecule has 3 N–H and O–H groups in total. The van der Waals surface area contributed by atoms with Crippen molar-refractivity contribution in [1.29, 1.82) is 0 Å². The van der Waals surface area contributed by atoms with Gasteiger partial charge in [0.25, 0.3) is 0 Å². The lowest BCUT2D eigenvalue weighted by atomic mass is 9.65. The summed E-state index contributed by atoms with van der Waals surface area (Å²) in [4.78, 5) is 36.6. The fourth-order valence-corrected chi connectivity index (χ4v) is 4.97. The molecule has 26 heavy (non-hydrogen) atoms. The lowest BCUT2D eigenvalue weighted by molar-refractivity contribution is -0.236. The van der Waals surface area contributed by atoms with Crippen molar-refractivity contribution in [1.82, 2.24) is 0 Å². The van der Waals surface area contributed by atoms with Crippen molar-refractivity contribution in [3.8, 4) is 5.75 Å². The Hall–Kier alpha value is -1.26. The van der Waals surface area contributed by atoms with E-state index in [2.05, 4.69) is 15.9 Å². The minimum Gasteiger partial charge on any atom is -0.476 e. The molecule has 0 radical (unpaired) electrons. The van der Waals surface area contributed by atoms with Gasteiger partial charge in [0, 0.05) is 10.2 Å². The Kier molecular flexibility index (Phi) is 5.70. The molecule has 2 rings (SSSR count). The number of ketones is 3. The lowest BCUT2D eigenvalue weighted by Crippen LogP contribution is -2.82. The van der Waals surface area contributed by atoms with Gasteiger partial charge in [0.15, 0.2) is 34.0 Å². The first-order valence-electron chi connectivity index (χ1n) is 7.65. The second kappa shape index (κ2) is 7.05. The summed E-state index contributed by atoms with van der Waals surface area (Å²) in [5.74, 6) is -3.25. The van der Waals surface area contributed by atoms with Crippen molar-refractivity contribution in [3.63, 3.8) is 0 Å². The Morgan fingerprint density at radius 2 is 1.73 bits per heavy atom. The molecule has 0 aliphatic carbocycles. The predicted octanol–water partition coefficient (Wildman–Crippen LogP) is 0.861. The molecule has 0 amide bonds. The highest BCUT2D eigenvalue weighted by Crippen LogP contribution is 2.49. The van der Waals surface area contributed by atoms with E-state index in [1.165, 1.54) is 0 Å². The first kappa shape index (κ1) is 21.0. The van der Waals surface area contributed by atoms with E-state index < -0.39 is 45.3 Å². The third kappa shape index (κ3) is 2.91. The molecule has 7 nitrogen and oxygen atoms in total. The first-order chi connectivity index (χ1) is 11.9. The van der Waals surface area contributed by atoms with Gasteiger partial charge in [-0.2, -0.15) is 0 Å². The van der Waals surface area contributed by atoms with Crippen LogP contribution in [0, 0.1) is 0 Å². The van der Waals surface area contributed by atoms with Gasteiger partial charge in [-0.15, -0.1) is 11.8 Å².